The maximum atomic E-state index is 12.7. The predicted molar refractivity (Wildman–Crippen MR) is 109 cm³/mol. The predicted octanol–water partition coefficient (Wildman–Crippen LogP) is 4.04. The summed E-state index contributed by atoms with van der Waals surface area (Å²) in [4.78, 5) is 17.8. The summed E-state index contributed by atoms with van der Waals surface area (Å²) in [5, 5.41) is 6.72. The summed E-state index contributed by atoms with van der Waals surface area (Å²) < 4.78 is 39.9. The second-order valence-corrected chi connectivity index (χ2v) is 6.76. The molecule has 31 heavy (non-hydrogen) atoms. The highest BCUT2D eigenvalue weighted by Crippen LogP contribution is 2.29. The molecule has 3 rings (SSSR count). The lowest BCUT2D eigenvalue weighted by Gasteiger charge is -2.25. The van der Waals surface area contributed by atoms with Crippen LogP contribution in [0.2, 0.25) is 0 Å². The van der Waals surface area contributed by atoms with Crippen molar-refractivity contribution in [3.8, 4) is 17.5 Å². The fraction of sp³-hybridized carbons (Fsp3) is 0.227. The summed E-state index contributed by atoms with van der Waals surface area (Å²) in [5.74, 6) is 5.31. The van der Waals surface area contributed by atoms with Crippen LogP contribution in [0.3, 0.4) is 0 Å². The minimum atomic E-state index is -4.42. The number of alkyl halides is 3. The Kier molecular flexibility index (Phi) is 6.60. The molecule has 3 aromatic rings. The Morgan fingerprint density at radius 2 is 1.97 bits per heavy atom. The van der Waals surface area contributed by atoms with Gasteiger partial charge in [-0.1, -0.05) is 30.0 Å². The number of carbonyl (C=O) groups excluding carboxylic acids is 1. The zero-order valence-corrected chi connectivity index (χ0v) is 16.9. The van der Waals surface area contributed by atoms with Crippen molar-refractivity contribution in [3.05, 3.63) is 77.9 Å². The van der Waals surface area contributed by atoms with E-state index in [1.165, 1.54) is 23.4 Å². The highest BCUT2D eigenvalue weighted by Gasteiger charge is 2.30. The summed E-state index contributed by atoms with van der Waals surface area (Å²) in [6.45, 7) is 1.90. The molecular formula is C22H20F3N5O. The van der Waals surface area contributed by atoms with Crippen LogP contribution in [0.4, 0.5) is 18.0 Å². The van der Waals surface area contributed by atoms with E-state index in [0.29, 0.717) is 0 Å². The SMILES string of the molecule is CC(c1ccc(-n2cncn2)cc1)N(C)C(=O)NCC#Cc1cccc(C(F)(F)F)c1. The van der Waals surface area contributed by atoms with Gasteiger partial charge >= 0.3 is 12.2 Å². The molecule has 1 atom stereocenters. The van der Waals surface area contributed by atoms with Crippen molar-refractivity contribution in [2.24, 2.45) is 0 Å². The molecule has 2 aromatic carbocycles. The van der Waals surface area contributed by atoms with Crippen LogP contribution in [-0.4, -0.2) is 39.3 Å². The summed E-state index contributed by atoms with van der Waals surface area (Å²) in [6.07, 6.45) is -1.37. The van der Waals surface area contributed by atoms with E-state index in [1.54, 1.807) is 18.1 Å². The molecule has 0 aliphatic carbocycles. The molecule has 0 spiro atoms. The molecule has 6 nitrogen and oxygen atoms in total. The fourth-order valence-corrected chi connectivity index (χ4v) is 2.81. The lowest BCUT2D eigenvalue weighted by molar-refractivity contribution is -0.137. The Hall–Kier alpha value is -3.80. The molecule has 1 aromatic heterocycles. The quantitative estimate of drug-likeness (QED) is 0.640. The first-order valence-electron chi connectivity index (χ1n) is 9.37. The molecule has 0 saturated carbocycles. The van der Waals surface area contributed by atoms with Crippen LogP contribution >= 0.6 is 0 Å². The fourth-order valence-electron chi connectivity index (χ4n) is 2.81. The van der Waals surface area contributed by atoms with Crippen LogP contribution in [0, 0.1) is 11.8 Å². The smallest absolute Gasteiger partial charge is 0.327 e. The lowest BCUT2D eigenvalue weighted by atomic mass is 10.1. The number of rotatable bonds is 4. The van der Waals surface area contributed by atoms with Crippen LogP contribution in [0.25, 0.3) is 5.69 Å². The van der Waals surface area contributed by atoms with Gasteiger partial charge in [0.1, 0.15) is 12.7 Å². The van der Waals surface area contributed by atoms with E-state index in [-0.39, 0.29) is 24.2 Å². The molecule has 0 bridgehead atoms. The van der Waals surface area contributed by atoms with E-state index < -0.39 is 11.7 Å². The van der Waals surface area contributed by atoms with Crippen molar-refractivity contribution < 1.29 is 18.0 Å². The van der Waals surface area contributed by atoms with Crippen molar-refractivity contribution in [1.29, 1.82) is 0 Å². The van der Waals surface area contributed by atoms with E-state index in [2.05, 4.69) is 27.2 Å². The Balaban J connectivity index is 1.56. The normalized spacial score (nSPS) is 11.9. The number of aromatic nitrogens is 3. The summed E-state index contributed by atoms with van der Waals surface area (Å²) in [7, 11) is 1.66. The van der Waals surface area contributed by atoms with Gasteiger partial charge in [-0.25, -0.2) is 14.5 Å². The highest BCUT2D eigenvalue weighted by atomic mass is 19.4. The van der Waals surface area contributed by atoms with Gasteiger partial charge in [-0.2, -0.15) is 18.3 Å². The molecular weight excluding hydrogens is 407 g/mol. The molecule has 9 heteroatoms. The zero-order chi connectivity index (χ0) is 22.4. The molecule has 160 valence electrons. The molecule has 1 unspecified atom stereocenters. The van der Waals surface area contributed by atoms with E-state index in [9.17, 15) is 18.0 Å². The number of nitrogens with one attached hydrogen (secondary N) is 1. The van der Waals surface area contributed by atoms with Crippen molar-refractivity contribution in [2.45, 2.75) is 19.1 Å². The van der Waals surface area contributed by atoms with Gasteiger partial charge < -0.3 is 10.2 Å². The third-order valence-corrected chi connectivity index (χ3v) is 4.71. The first-order chi connectivity index (χ1) is 14.8. The van der Waals surface area contributed by atoms with Crippen LogP contribution in [0.1, 0.15) is 29.7 Å². The maximum absolute atomic E-state index is 12.7. The number of benzene rings is 2. The lowest BCUT2D eigenvalue weighted by Crippen LogP contribution is -2.38. The van der Waals surface area contributed by atoms with Crippen molar-refractivity contribution in [2.75, 3.05) is 13.6 Å². The van der Waals surface area contributed by atoms with Gasteiger partial charge in [0.05, 0.1) is 23.8 Å². The largest absolute Gasteiger partial charge is 0.416 e. The minimum Gasteiger partial charge on any atom is -0.327 e. The summed E-state index contributed by atoms with van der Waals surface area (Å²) >= 11 is 0. The number of nitrogens with zero attached hydrogens (tertiary/aromatic N) is 4. The second-order valence-electron chi connectivity index (χ2n) is 6.76. The molecule has 1 N–H and O–H groups in total. The second kappa shape index (κ2) is 9.34. The number of halogens is 3. The molecule has 0 aliphatic rings. The van der Waals surface area contributed by atoms with Gasteiger partial charge in [-0.05, 0) is 42.8 Å². The molecule has 2 amide bonds. The van der Waals surface area contributed by atoms with Gasteiger partial charge in [0, 0.05) is 12.6 Å². The monoisotopic (exact) mass is 427 g/mol. The third-order valence-electron chi connectivity index (χ3n) is 4.71. The van der Waals surface area contributed by atoms with E-state index in [0.717, 1.165) is 23.4 Å². The molecule has 1 heterocycles. The molecule has 0 aliphatic heterocycles. The Morgan fingerprint density at radius 3 is 2.61 bits per heavy atom. The van der Waals surface area contributed by atoms with Crippen molar-refractivity contribution in [3.63, 3.8) is 0 Å². The van der Waals surface area contributed by atoms with E-state index in [4.69, 9.17) is 0 Å². The van der Waals surface area contributed by atoms with Crippen LogP contribution in [-0.2, 0) is 6.18 Å². The van der Waals surface area contributed by atoms with Gasteiger partial charge in [0.2, 0.25) is 0 Å². The van der Waals surface area contributed by atoms with Crippen molar-refractivity contribution in [1.82, 2.24) is 25.0 Å². The van der Waals surface area contributed by atoms with Gasteiger partial charge in [0.15, 0.2) is 0 Å². The van der Waals surface area contributed by atoms with Crippen LogP contribution in [0.15, 0.2) is 61.2 Å². The van der Waals surface area contributed by atoms with Crippen LogP contribution in [0.5, 0.6) is 0 Å². The first kappa shape index (κ1) is 21.9. The van der Waals surface area contributed by atoms with Gasteiger partial charge in [-0.15, -0.1) is 0 Å². The van der Waals surface area contributed by atoms with Gasteiger partial charge in [0.25, 0.3) is 0 Å². The van der Waals surface area contributed by atoms with Gasteiger partial charge in [-0.3, -0.25) is 0 Å². The minimum absolute atomic E-state index is 0.0113. The molecule has 0 saturated heterocycles. The van der Waals surface area contributed by atoms with E-state index >= 15 is 0 Å². The van der Waals surface area contributed by atoms with Crippen molar-refractivity contribution >= 4 is 6.03 Å². The average Bonchev–Trinajstić information content (AvgIpc) is 3.30. The number of amides is 2. The third kappa shape index (κ3) is 5.63. The Labute approximate surface area is 177 Å². The number of hydrogen-bond acceptors (Lipinski definition) is 3. The number of hydrogen-bond donors (Lipinski definition) is 1. The average molecular weight is 427 g/mol. The summed E-state index contributed by atoms with van der Waals surface area (Å²) in [6, 6.07) is 11.8. The number of carbonyl (C=O) groups is 1. The summed E-state index contributed by atoms with van der Waals surface area (Å²) in [5.41, 5.74) is 1.26. The zero-order valence-electron chi connectivity index (χ0n) is 16.9. The topological polar surface area (TPSA) is 63.1 Å². The Morgan fingerprint density at radius 1 is 1.23 bits per heavy atom. The maximum Gasteiger partial charge on any atom is 0.416 e. The standard InChI is InChI=1S/C22H20F3N5O/c1-16(18-8-10-20(11-9-18)30-15-26-14-28-30)29(2)21(31)27-12-4-6-17-5-3-7-19(13-17)22(23,24)25/h3,5,7-11,13-16H,12H2,1-2H3,(H,27,31). The molecule has 0 fully saturated rings. The number of urea groups is 1. The van der Waals surface area contributed by atoms with E-state index in [1.807, 2.05) is 31.2 Å². The first-order valence-corrected chi connectivity index (χ1v) is 9.37. The Bertz CT molecular complexity index is 1080. The molecule has 0 radical (unpaired) electrons. The van der Waals surface area contributed by atoms with Crippen LogP contribution < -0.4 is 5.32 Å². The highest BCUT2D eigenvalue weighted by molar-refractivity contribution is 5.74.